The van der Waals surface area contributed by atoms with Crippen LogP contribution in [0.3, 0.4) is 0 Å². The van der Waals surface area contributed by atoms with Crippen molar-refractivity contribution in [3.63, 3.8) is 0 Å². The number of amides is 3. The van der Waals surface area contributed by atoms with Crippen LogP contribution in [-0.2, 0) is 0 Å². The summed E-state index contributed by atoms with van der Waals surface area (Å²) in [6.07, 6.45) is 6.57. The number of benzene rings is 3. The number of hydrogen-bond acceptors (Lipinski definition) is 5. The number of carbonyl (C=O) groups is 2. The van der Waals surface area contributed by atoms with Gasteiger partial charge < -0.3 is 15.4 Å². The van der Waals surface area contributed by atoms with Gasteiger partial charge in [0, 0.05) is 29.9 Å². The number of nitrogens with one attached hydrogen (secondary N) is 3. The van der Waals surface area contributed by atoms with Gasteiger partial charge in [-0.2, -0.15) is 5.10 Å². The molecule has 0 aliphatic rings. The van der Waals surface area contributed by atoms with Crippen LogP contribution in [0.4, 0.5) is 16.2 Å². The van der Waals surface area contributed by atoms with Gasteiger partial charge in [-0.15, -0.1) is 0 Å². The average molecular weight is 492 g/mol. The lowest BCUT2D eigenvalue weighted by molar-refractivity contribution is 0.0950. The summed E-state index contributed by atoms with van der Waals surface area (Å²) in [5.41, 5.74) is 6.00. The van der Waals surface area contributed by atoms with Crippen molar-refractivity contribution in [3.8, 4) is 11.5 Å². The highest BCUT2D eigenvalue weighted by Gasteiger charge is 2.09. The van der Waals surface area contributed by atoms with E-state index in [1.165, 1.54) is 18.5 Å². The average Bonchev–Trinajstić information content (AvgIpc) is 2.90. The van der Waals surface area contributed by atoms with Gasteiger partial charge in [0.15, 0.2) is 0 Å². The Morgan fingerprint density at radius 2 is 1.62 bits per heavy atom. The molecule has 1 heterocycles. The predicted molar refractivity (Wildman–Crippen MR) is 146 cm³/mol. The molecule has 0 radical (unpaired) electrons. The fourth-order valence-corrected chi connectivity index (χ4v) is 3.27. The maximum absolute atomic E-state index is 12.4. The number of aromatic nitrogens is 1. The first-order valence-corrected chi connectivity index (χ1v) is 11.5. The monoisotopic (exact) mass is 491 g/mol. The number of carbonyl (C=O) groups excluding carboxylic acids is 2. The number of rotatable bonds is 8. The Bertz CT molecular complexity index is 1420. The summed E-state index contributed by atoms with van der Waals surface area (Å²) in [5.74, 6) is 0.506. The maximum atomic E-state index is 12.4. The molecule has 3 aromatic carbocycles. The minimum Gasteiger partial charge on any atom is -0.457 e. The van der Waals surface area contributed by atoms with E-state index in [-0.39, 0.29) is 11.7 Å². The zero-order valence-corrected chi connectivity index (χ0v) is 20.1. The first-order valence-electron chi connectivity index (χ1n) is 11.5. The van der Waals surface area contributed by atoms with E-state index in [1.807, 2.05) is 67.6 Å². The van der Waals surface area contributed by atoms with E-state index in [2.05, 4.69) is 26.1 Å². The van der Waals surface area contributed by atoms with Gasteiger partial charge in [-0.3, -0.25) is 9.78 Å². The minimum absolute atomic E-state index is 0.160. The minimum atomic E-state index is -0.464. The lowest BCUT2D eigenvalue weighted by Gasteiger charge is -2.10. The molecular formula is C29H25N5O3. The number of anilines is 2. The molecule has 4 aromatic rings. The third kappa shape index (κ3) is 7.90. The molecule has 0 aliphatic carbocycles. The molecule has 8 nitrogen and oxygen atoms in total. The number of nitrogens with zero attached hydrogens (tertiary/aromatic N) is 2. The lowest BCUT2D eigenvalue weighted by atomic mass is 10.2. The second-order valence-corrected chi connectivity index (χ2v) is 7.94. The number of hydrazone groups is 1. The summed E-state index contributed by atoms with van der Waals surface area (Å²) in [5, 5.41) is 9.48. The van der Waals surface area contributed by atoms with Gasteiger partial charge in [0.05, 0.1) is 0 Å². The summed E-state index contributed by atoms with van der Waals surface area (Å²) in [7, 11) is 0. The summed E-state index contributed by atoms with van der Waals surface area (Å²) in [6.45, 7) is 1.96. The topological polar surface area (TPSA) is 105 Å². The largest absolute Gasteiger partial charge is 0.457 e. The summed E-state index contributed by atoms with van der Waals surface area (Å²) in [6, 6.07) is 27.0. The van der Waals surface area contributed by atoms with Gasteiger partial charge in [0.2, 0.25) is 0 Å². The van der Waals surface area contributed by atoms with Gasteiger partial charge in [-0.05, 0) is 66.6 Å². The Hall–Kier alpha value is -5.24. The molecule has 0 atom stereocenters. The molecule has 1 aromatic heterocycles. The Morgan fingerprint density at radius 1 is 0.838 bits per heavy atom. The summed E-state index contributed by atoms with van der Waals surface area (Å²) < 4.78 is 5.83. The second-order valence-electron chi connectivity index (χ2n) is 7.94. The number of aryl methyl sites for hydroxylation is 1. The number of ether oxygens (including phenoxy) is 1. The van der Waals surface area contributed by atoms with Crippen LogP contribution in [0, 0.1) is 6.92 Å². The van der Waals surface area contributed by atoms with Gasteiger partial charge >= 0.3 is 6.03 Å². The zero-order chi connectivity index (χ0) is 25.9. The van der Waals surface area contributed by atoms with Gasteiger partial charge in [-0.1, -0.05) is 48.5 Å². The molecule has 3 amide bonds. The van der Waals surface area contributed by atoms with E-state index < -0.39 is 5.91 Å². The first kappa shape index (κ1) is 24.9. The van der Waals surface area contributed by atoms with Crippen LogP contribution < -0.4 is 20.8 Å². The van der Waals surface area contributed by atoms with E-state index in [0.717, 1.165) is 11.1 Å². The molecule has 0 unspecified atom stereocenters. The SMILES string of the molecule is Cc1cccc(NC(=O)Nc2ccc(Oc3ccnc(C(=O)NN=CC=Cc4ccccc4)c3)cc2)c1. The van der Waals surface area contributed by atoms with Crippen molar-refractivity contribution in [3.05, 3.63) is 120 Å². The first-order chi connectivity index (χ1) is 18.0. The van der Waals surface area contributed by atoms with E-state index >= 15 is 0 Å². The van der Waals surface area contributed by atoms with Crippen molar-refractivity contribution in [1.82, 2.24) is 10.4 Å². The van der Waals surface area contributed by atoms with Crippen LogP contribution in [0.1, 0.15) is 21.6 Å². The van der Waals surface area contributed by atoms with Crippen LogP contribution in [0.2, 0.25) is 0 Å². The van der Waals surface area contributed by atoms with Crippen LogP contribution in [0.5, 0.6) is 11.5 Å². The molecule has 0 saturated heterocycles. The van der Waals surface area contributed by atoms with Crippen LogP contribution in [-0.4, -0.2) is 23.1 Å². The Labute approximate surface area is 214 Å². The third-order valence-corrected chi connectivity index (χ3v) is 5.00. The quantitative estimate of drug-likeness (QED) is 0.200. The van der Waals surface area contributed by atoms with E-state index in [9.17, 15) is 9.59 Å². The molecule has 184 valence electrons. The van der Waals surface area contributed by atoms with Crippen LogP contribution in [0.25, 0.3) is 6.08 Å². The van der Waals surface area contributed by atoms with Crippen molar-refractivity contribution in [2.75, 3.05) is 10.6 Å². The molecule has 8 heteroatoms. The molecule has 4 rings (SSSR count). The van der Waals surface area contributed by atoms with Crippen molar-refractivity contribution in [2.45, 2.75) is 6.92 Å². The van der Waals surface area contributed by atoms with Gasteiger partial charge in [0.1, 0.15) is 17.2 Å². The van der Waals surface area contributed by atoms with E-state index in [0.29, 0.717) is 22.9 Å². The number of allylic oxidation sites excluding steroid dienone is 1. The van der Waals surface area contributed by atoms with Crippen molar-refractivity contribution in [2.24, 2.45) is 5.10 Å². The Balaban J connectivity index is 1.28. The molecule has 0 saturated carbocycles. The Kier molecular flexibility index (Phi) is 8.38. The number of urea groups is 1. The molecule has 0 spiro atoms. The second kappa shape index (κ2) is 12.5. The predicted octanol–water partition coefficient (Wildman–Crippen LogP) is 6.26. The maximum Gasteiger partial charge on any atom is 0.323 e. The summed E-state index contributed by atoms with van der Waals surface area (Å²) in [4.78, 5) is 28.7. The highest BCUT2D eigenvalue weighted by Crippen LogP contribution is 2.23. The normalized spacial score (nSPS) is 10.8. The van der Waals surface area contributed by atoms with E-state index in [1.54, 1.807) is 36.4 Å². The van der Waals surface area contributed by atoms with E-state index in [4.69, 9.17) is 4.74 Å². The number of pyridine rings is 1. The smallest absolute Gasteiger partial charge is 0.323 e. The molecule has 0 fully saturated rings. The highest BCUT2D eigenvalue weighted by molar-refractivity contribution is 5.99. The van der Waals surface area contributed by atoms with Crippen molar-refractivity contribution in [1.29, 1.82) is 0 Å². The Morgan fingerprint density at radius 3 is 2.41 bits per heavy atom. The van der Waals surface area contributed by atoms with Gasteiger partial charge in [-0.25, -0.2) is 10.2 Å². The fraction of sp³-hybridized carbons (Fsp3) is 0.0345. The lowest BCUT2D eigenvalue weighted by Crippen LogP contribution is -2.19. The highest BCUT2D eigenvalue weighted by atomic mass is 16.5. The zero-order valence-electron chi connectivity index (χ0n) is 20.1. The molecule has 0 bridgehead atoms. The molecular weight excluding hydrogens is 466 g/mol. The van der Waals surface area contributed by atoms with Crippen LogP contribution >= 0.6 is 0 Å². The number of hydrogen-bond donors (Lipinski definition) is 3. The van der Waals surface area contributed by atoms with Crippen LogP contribution in [0.15, 0.2) is 108 Å². The van der Waals surface area contributed by atoms with Crippen molar-refractivity contribution >= 4 is 35.6 Å². The molecule has 3 N–H and O–H groups in total. The summed E-state index contributed by atoms with van der Waals surface area (Å²) >= 11 is 0. The molecule has 37 heavy (non-hydrogen) atoms. The fourth-order valence-electron chi connectivity index (χ4n) is 3.27. The van der Waals surface area contributed by atoms with Crippen molar-refractivity contribution < 1.29 is 14.3 Å². The molecule has 0 aliphatic heterocycles. The van der Waals surface area contributed by atoms with Gasteiger partial charge in [0.25, 0.3) is 5.91 Å². The standard InChI is InChI=1S/C29H25N5O3/c1-21-7-5-11-24(19-21)33-29(36)32-23-12-14-25(15-13-23)37-26-16-18-30-27(20-26)28(35)34-31-17-6-10-22-8-3-2-4-9-22/h2-20H,1H3,(H,34,35)(H2,32,33,36). The third-order valence-electron chi connectivity index (χ3n) is 5.00.